The van der Waals surface area contributed by atoms with Crippen molar-refractivity contribution in [3.8, 4) is 0 Å². The molecule has 0 bridgehead atoms. The van der Waals surface area contributed by atoms with Gasteiger partial charge in [0.1, 0.15) is 0 Å². The lowest BCUT2D eigenvalue weighted by molar-refractivity contribution is 0.0697. The standard InChI is InChI=1S/C13H18ClNO2/c1-4-9(3)15(5-2)12-7-6-10(13(16)17)8-11(12)14/h6-9H,4-5H2,1-3H3,(H,16,17). The van der Waals surface area contributed by atoms with Crippen molar-refractivity contribution < 1.29 is 9.90 Å². The fourth-order valence-corrected chi connectivity index (χ4v) is 2.10. The van der Waals surface area contributed by atoms with Gasteiger partial charge in [-0.05, 0) is 38.5 Å². The summed E-state index contributed by atoms with van der Waals surface area (Å²) in [6, 6.07) is 5.26. The second-order valence-corrected chi connectivity index (χ2v) is 4.42. The molecule has 0 aliphatic heterocycles. The van der Waals surface area contributed by atoms with Gasteiger partial charge in [0.25, 0.3) is 0 Å². The number of carbonyl (C=O) groups is 1. The topological polar surface area (TPSA) is 40.5 Å². The molecule has 1 unspecified atom stereocenters. The molecule has 0 saturated heterocycles. The maximum Gasteiger partial charge on any atom is 0.335 e. The SMILES string of the molecule is CCC(C)N(CC)c1ccc(C(=O)O)cc1Cl. The normalized spacial score (nSPS) is 12.2. The van der Waals surface area contributed by atoms with E-state index in [9.17, 15) is 4.79 Å². The molecule has 0 aliphatic carbocycles. The second-order valence-electron chi connectivity index (χ2n) is 4.01. The van der Waals surface area contributed by atoms with Crippen LogP contribution in [0.3, 0.4) is 0 Å². The van der Waals surface area contributed by atoms with Crippen molar-refractivity contribution in [2.45, 2.75) is 33.2 Å². The fraction of sp³-hybridized carbons (Fsp3) is 0.462. The van der Waals surface area contributed by atoms with Gasteiger partial charge in [0, 0.05) is 12.6 Å². The van der Waals surface area contributed by atoms with Gasteiger partial charge in [-0.2, -0.15) is 0 Å². The van der Waals surface area contributed by atoms with E-state index in [1.54, 1.807) is 12.1 Å². The van der Waals surface area contributed by atoms with Crippen molar-refractivity contribution in [1.82, 2.24) is 0 Å². The maximum atomic E-state index is 10.8. The highest BCUT2D eigenvalue weighted by atomic mass is 35.5. The zero-order valence-corrected chi connectivity index (χ0v) is 11.2. The lowest BCUT2D eigenvalue weighted by Gasteiger charge is -2.30. The first-order valence-electron chi connectivity index (χ1n) is 5.80. The van der Waals surface area contributed by atoms with E-state index >= 15 is 0 Å². The lowest BCUT2D eigenvalue weighted by Crippen LogP contribution is -2.32. The van der Waals surface area contributed by atoms with Crippen LogP contribution in [-0.2, 0) is 0 Å². The number of carboxylic acid groups (broad SMARTS) is 1. The summed E-state index contributed by atoms with van der Waals surface area (Å²) >= 11 is 6.14. The smallest absolute Gasteiger partial charge is 0.335 e. The summed E-state index contributed by atoms with van der Waals surface area (Å²) < 4.78 is 0. The Bertz CT molecular complexity index is 406. The Morgan fingerprint density at radius 1 is 1.47 bits per heavy atom. The van der Waals surface area contributed by atoms with Crippen LogP contribution in [0.2, 0.25) is 5.02 Å². The molecule has 0 radical (unpaired) electrons. The average molecular weight is 256 g/mol. The molecule has 3 nitrogen and oxygen atoms in total. The van der Waals surface area contributed by atoms with E-state index in [0.29, 0.717) is 11.1 Å². The molecule has 4 heteroatoms. The van der Waals surface area contributed by atoms with Crippen LogP contribution in [0.1, 0.15) is 37.6 Å². The van der Waals surface area contributed by atoms with E-state index in [0.717, 1.165) is 18.7 Å². The number of rotatable bonds is 5. The maximum absolute atomic E-state index is 10.8. The molecule has 0 aliphatic rings. The lowest BCUT2D eigenvalue weighted by atomic mass is 10.1. The van der Waals surface area contributed by atoms with Gasteiger partial charge in [-0.15, -0.1) is 0 Å². The zero-order valence-electron chi connectivity index (χ0n) is 10.4. The first-order valence-corrected chi connectivity index (χ1v) is 6.18. The van der Waals surface area contributed by atoms with Crippen LogP contribution < -0.4 is 4.90 Å². The summed E-state index contributed by atoms with van der Waals surface area (Å²) in [6.07, 6.45) is 1.02. The molecular formula is C13H18ClNO2. The van der Waals surface area contributed by atoms with Crippen molar-refractivity contribution >= 4 is 23.3 Å². The van der Waals surface area contributed by atoms with Crippen LogP contribution in [0, 0.1) is 0 Å². The van der Waals surface area contributed by atoms with Crippen LogP contribution in [0.5, 0.6) is 0 Å². The number of nitrogens with zero attached hydrogens (tertiary/aromatic N) is 1. The molecular weight excluding hydrogens is 238 g/mol. The minimum absolute atomic E-state index is 0.221. The van der Waals surface area contributed by atoms with Gasteiger partial charge < -0.3 is 10.0 Å². The minimum Gasteiger partial charge on any atom is -0.478 e. The number of aromatic carboxylic acids is 1. The van der Waals surface area contributed by atoms with Gasteiger partial charge in [-0.1, -0.05) is 18.5 Å². The Labute approximate surface area is 107 Å². The molecule has 1 aromatic carbocycles. The van der Waals surface area contributed by atoms with Gasteiger partial charge >= 0.3 is 5.97 Å². The van der Waals surface area contributed by atoms with Crippen molar-refractivity contribution in [2.24, 2.45) is 0 Å². The number of halogens is 1. The first kappa shape index (κ1) is 13.8. The summed E-state index contributed by atoms with van der Waals surface area (Å²) in [7, 11) is 0. The quantitative estimate of drug-likeness (QED) is 0.873. The number of carboxylic acids is 1. The van der Waals surface area contributed by atoms with Gasteiger partial charge in [-0.3, -0.25) is 0 Å². The van der Waals surface area contributed by atoms with Crippen LogP contribution >= 0.6 is 11.6 Å². The van der Waals surface area contributed by atoms with Crippen LogP contribution in [-0.4, -0.2) is 23.7 Å². The highest BCUT2D eigenvalue weighted by Crippen LogP contribution is 2.28. The van der Waals surface area contributed by atoms with Crippen LogP contribution in [0.4, 0.5) is 5.69 Å². The summed E-state index contributed by atoms with van der Waals surface area (Å²) in [5.41, 5.74) is 1.12. The summed E-state index contributed by atoms with van der Waals surface area (Å²) in [5.74, 6) is -0.954. The molecule has 17 heavy (non-hydrogen) atoms. The molecule has 0 aromatic heterocycles. The van der Waals surface area contributed by atoms with E-state index in [-0.39, 0.29) is 5.56 Å². The number of benzene rings is 1. The summed E-state index contributed by atoms with van der Waals surface area (Å²) in [5, 5.41) is 9.37. The highest BCUT2D eigenvalue weighted by molar-refractivity contribution is 6.33. The van der Waals surface area contributed by atoms with Gasteiger partial charge in [0.15, 0.2) is 0 Å². The number of hydrogen-bond donors (Lipinski definition) is 1. The van der Waals surface area contributed by atoms with Crippen LogP contribution in [0.15, 0.2) is 18.2 Å². The molecule has 0 saturated carbocycles. The fourth-order valence-electron chi connectivity index (χ4n) is 1.81. The predicted octanol–water partition coefficient (Wildman–Crippen LogP) is 3.66. The largest absolute Gasteiger partial charge is 0.478 e. The molecule has 94 valence electrons. The number of anilines is 1. The van der Waals surface area contributed by atoms with E-state index in [4.69, 9.17) is 16.7 Å². The van der Waals surface area contributed by atoms with Gasteiger partial charge in [0.2, 0.25) is 0 Å². The second kappa shape index (κ2) is 5.92. The minimum atomic E-state index is -0.954. The van der Waals surface area contributed by atoms with Crippen molar-refractivity contribution in [1.29, 1.82) is 0 Å². The van der Waals surface area contributed by atoms with Crippen molar-refractivity contribution in [3.05, 3.63) is 28.8 Å². The molecule has 1 N–H and O–H groups in total. The third kappa shape index (κ3) is 3.13. The third-order valence-corrected chi connectivity index (χ3v) is 3.27. The average Bonchev–Trinajstić information content (AvgIpc) is 2.31. The molecule has 1 aromatic rings. The van der Waals surface area contributed by atoms with E-state index in [1.165, 1.54) is 6.07 Å². The van der Waals surface area contributed by atoms with Crippen LogP contribution in [0.25, 0.3) is 0 Å². The summed E-state index contributed by atoms with van der Waals surface area (Å²) in [4.78, 5) is 13.0. The molecule has 1 atom stereocenters. The Kier molecular flexibility index (Phi) is 4.82. The Morgan fingerprint density at radius 2 is 2.12 bits per heavy atom. The summed E-state index contributed by atoms with van der Waals surface area (Å²) in [6.45, 7) is 7.16. The highest BCUT2D eigenvalue weighted by Gasteiger charge is 2.15. The molecule has 0 heterocycles. The number of hydrogen-bond acceptors (Lipinski definition) is 2. The van der Waals surface area contributed by atoms with E-state index < -0.39 is 5.97 Å². The Balaban J connectivity index is 3.09. The first-order chi connectivity index (χ1) is 8.01. The van der Waals surface area contributed by atoms with Gasteiger partial charge in [-0.25, -0.2) is 4.79 Å². The van der Waals surface area contributed by atoms with Crippen molar-refractivity contribution in [3.63, 3.8) is 0 Å². The molecule has 0 amide bonds. The van der Waals surface area contributed by atoms with Gasteiger partial charge in [0.05, 0.1) is 16.3 Å². The predicted molar refractivity (Wildman–Crippen MR) is 71.2 cm³/mol. The Hall–Kier alpha value is -1.22. The third-order valence-electron chi connectivity index (χ3n) is 2.97. The monoisotopic (exact) mass is 255 g/mol. The molecule has 0 fully saturated rings. The Morgan fingerprint density at radius 3 is 2.53 bits per heavy atom. The van der Waals surface area contributed by atoms with Crippen molar-refractivity contribution in [2.75, 3.05) is 11.4 Å². The van der Waals surface area contributed by atoms with E-state index in [2.05, 4.69) is 25.7 Å². The molecule has 0 spiro atoms. The van der Waals surface area contributed by atoms with E-state index in [1.807, 2.05) is 0 Å². The zero-order chi connectivity index (χ0) is 13.0. The molecule has 1 rings (SSSR count).